The van der Waals surface area contributed by atoms with Crippen LogP contribution in [0.5, 0.6) is 0 Å². The molecule has 0 saturated heterocycles. The molecule has 3 aromatic rings. The van der Waals surface area contributed by atoms with Crippen LogP contribution in [0.3, 0.4) is 0 Å². The topological polar surface area (TPSA) is 148 Å². The molecule has 3 heterocycles. The summed E-state index contributed by atoms with van der Waals surface area (Å²) in [5, 5.41) is 27.7. The Kier molecular flexibility index (Phi) is 5.93. The average Bonchev–Trinajstić information content (AvgIpc) is 3.44. The standard InChI is InChI=1S/C25H29F2N7O4/c1-13-20(33-38-32-13)23(37)31-21(15-2-4-25(26,27)5-3-15)17-12-34-18(29-17)6-16(11-28-34)22(36)30-19(35)10-24-7-14(8-24)9-24/h6,11-12,14-15,21-22,36H,2-5,7-10H2,1H3,(H,30,35)(H,31,37)/t14?,21-,22+,24?/m0/s1. The Morgan fingerprint density at radius 2 is 1.95 bits per heavy atom. The van der Waals surface area contributed by atoms with Crippen molar-refractivity contribution >= 4 is 17.5 Å². The lowest BCUT2D eigenvalue weighted by Crippen LogP contribution is -2.53. The third-order valence-electron chi connectivity index (χ3n) is 8.38. The van der Waals surface area contributed by atoms with Gasteiger partial charge < -0.3 is 15.7 Å². The molecular weight excluding hydrogens is 500 g/mol. The van der Waals surface area contributed by atoms with Crippen LogP contribution in [-0.4, -0.2) is 47.8 Å². The largest absolute Gasteiger partial charge is 0.369 e. The summed E-state index contributed by atoms with van der Waals surface area (Å²) in [5.74, 6) is -2.99. The Morgan fingerprint density at radius 3 is 2.58 bits per heavy atom. The predicted octanol–water partition coefficient (Wildman–Crippen LogP) is 3.01. The van der Waals surface area contributed by atoms with Gasteiger partial charge in [0.15, 0.2) is 17.6 Å². The monoisotopic (exact) mass is 529 g/mol. The molecule has 3 N–H and O–H groups in total. The van der Waals surface area contributed by atoms with Gasteiger partial charge in [-0.2, -0.15) is 5.10 Å². The van der Waals surface area contributed by atoms with Crippen molar-refractivity contribution < 1.29 is 28.1 Å². The number of nitrogens with zero attached hydrogens (tertiary/aromatic N) is 5. The van der Waals surface area contributed by atoms with Crippen LogP contribution in [0.2, 0.25) is 0 Å². The third kappa shape index (κ3) is 4.63. The summed E-state index contributed by atoms with van der Waals surface area (Å²) in [4.78, 5) is 30.0. The first-order valence-electron chi connectivity index (χ1n) is 12.9. The zero-order valence-electron chi connectivity index (χ0n) is 20.9. The number of halogens is 2. The average molecular weight is 530 g/mol. The number of imidazole rings is 1. The molecule has 7 rings (SSSR count). The van der Waals surface area contributed by atoms with Crippen molar-refractivity contribution in [1.29, 1.82) is 0 Å². The Hall–Kier alpha value is -3.48. The normalized spacial score (nSPS) is 25.7. The minimum absolute atomic E-state index is 0.0121. The number of aryl methyl sites for hydroxylation is 1. The van der Waals surface area contributed by atoms with Crippen LogP contribution < -0.4 is 10.6 Å². The molecule has 11 nitrogen and oxygen atoms in total. The second kappa shape index (κ2) is 9.07. The number of carbonyl (C=O) groups is 2. The van der Waals surface area contributed by atoms with E-state index in [1.807, 2.05) is 0 Å². The first kappa shape index (κ1) is 24.8. The molecule has 0 spiro atoms. The molecular formula is C25H29F2N7O4. The highest BCUT2D eigenvalue weighted by molar-refractivity contribution is 5.93. The van der Waals surface area contributed by atoms with Gasteiger partial charge in [0.25, 0.3) is 5.91 Å². The third-order valence-corrected chi connectivity index (χ3v) is 8.38. The van der Waals surface area contributed by atoms with Crippen LogP contribution in [0.25, 0.3) is 5.65 Å². The van der Waals surface area contributed by atoms with Gasteiger partial charge in [0.1, 0.15) is 5.69 Å². The zero-order chi connectivity index (χ0) is 26.7. The molecule has 0 aromatic carbocycles. The summed E-state index contributed by atoms with van der Waals surface area (Å²) in [6, 6.07) is 0.916. The number of alkyl halides is 2. The first-order valence-corrected chi connectivity index (χ1v) is 12.9. The molecule has 2 amide bonds. The number of rotatable bonds is 8. The summed E-state index contributed by atoms with van der Waals surface area (Å²) >= 11 is 0. The van der Waals surface area contributed by atoms with E-state index in [2.05, 4.69) is 35.7 Å². The Labute approximate surface area is 216 Å². The molecule has 0 radical (unpaired) electrons. The van der Waals surface area contributed by atoms with Crippen molar-refractivity contribution in [3.8, 4) is 0 Å². The maximum absolute atomic E-state index is 13.9. The van der Waals surface area contributed by atoms with Gasteiger partial charge in [-0.1, -0.05) is 5.16 Å². The molecule has 202 valence electrons. The summed E-state index contributed by atoms with van der Waals surface area (Å²) < 4.78 is 33.9. The van der Waals surface area contributed by atoms with Crippen LogP contribution in [0.1, 0.15) is 91.1 Å². The molecule has 3 aromatic heterocycles. The smallest absolute Gasteiger partial charge is 0.276 e. The molecule has 2 atom stereocenters. The van der Waals surface area contributed by atoms with E-state index < -0.39 is 24.1 Å². The number of fused-ring (bicyclic) bond motifs is 1. The van der Waals surface area contributed by atoms with E-state index in [1.165, 1.54) is 10.7 Å². The number of aliphatic hydroxyl groups is 1. The predicted molar refractivity (Wildman–Crippen MR) is 127 cm³/mol. The van der Waals surface area contributed by atoms with E-state index in [1.54, 1.807) is 19.2 Å². The minimum atomic E-state index is -2.73. The van der Waals surface area contributed by atoms with Gasteiger partial charge in [-0.3, -0.25) is 9.59 Å². The van der Waals surface area contributed by atoms with E-state index in [9.17, 15) is 23.5 Å². The van der Waals surface area contributed by atoms with Crippen molar-refractivity contribution in [3.05, 3.63) is 41.1 Å². The maximum atomic E-state index is 13.9. The fraction of sp³-hybridized carbons (Fsp3) is 0.600. The van der Waals surface area contributed by atoms with E-state index in [0.717, 1.165) is 25.2 Å². The number of amides is 2. The van der Waals surface area contributed by atoms with Crippen molar-refractivity contribution in [2.24, 2.45) is 17.3 Å². The van der Waals surface area contributed by atoms with Crippen LogP contribution >= 0.6 is 0 Å². The van der Waals surface area contributed by atoms with Crippen LogP contribution in [0, 0.1) is 24.2 Å². The molecule has 4 fully saturated rings. The molecule has 0 unspecified atom stereocenters. The summed E-state index contributed by atoms with van der Waals surface area (Å²) in [6.45, 7) is 1.58. The highest BCUT2D eigenvalue weighted by atomic mass is 19.3. The number of hydrogen-bond acceptors (Lipinski definition) is 8. The van der Waals surface area contributed by atoms with Crippen LogP contribution in [0.15, 0.2) is 23.1 Å². The van der Waals surface area contributed by atoms with Crippen molar-refractivity contribution in [3.63, 3.8) is 0 Å². The zero-order valence-corrected chi connectivity index (χ0v) is 20.9. The van der Waals surface area contributed by atoms with Gasteiger partial charge in [-0.25, -0.2) is 22.9 Å². The fourth-order valence-electron chi connectivity index (χ4n) is 6.19. The van der Waals surface area contributed by atoms with Crippen molar-refractivity contribution in [2.75, 3.05) is 0 Å². The maximum Gasteiger partial charge on any atom is 0.276 e. The van der Waals surface area contributed by atoms with E-state index >= 15 is 0 Å². The Morgan fingerprint density at radius 1 is 1.21 bits per heavy atom. The molecule has 4 aliphatic rings. The van der Waals surface area contributed by atoms with Crippen molar-refractivity contribution in [1.82, 2.24) is 35.5 Å². The summed E-state index contributed by atoms with van der Waals surface area (Å²) in [6.07, 6.45) is 5.33. The van der Waals surface area contributed by atoms with Gasteiger partial charge in [0.2, 0.25) is 11.8 Å². The quantitative estimate of drug-likeness (QED) is 0.377. The number of hydrogen-bond donors (Lipinski definition) is 3. The molecule has 13 heteroatoms. The highest BCUT2D eigenvalue weighted by Crippen LogP contribution is 2.66. The molecule has 2 bridgehead atoms. The second-order valence-corrected chi connectivity index (χ2v) is 11.2. The van der Waals surface area contributed by atoms with Gasteiger partial charge in [0, 0.05) is 24.8 Å². The Bertz CT molecular complexity index is 1360. The summed E-state index contributed by atoms with van der Waals surface area (Å²) in [5.41, 5.74) is 1.63. The lowest BCUT2D eigenvalue weighted by molar-refractivity contribution is -0.146. The number of nitrogens with one attached hydrogen (secondary N) is 2. The van der Waals surface area contributed by atoms with Crippen LogP contribution in [-0.2, 0) is 4.79 Å². The van der Waals surface area contributed by atoms with Crippen LogP contribution in [0.4, 0.5) is 8.78 Å². The number of aliphatic hydroxyl groups excluding tert-OH is 1. The molecule has 4 aliphatic carbocycles. The lowest BCUT2D eigenvalue weighted by Gasteiger charge is -2.61. The number of aromatic nitrogens is 5. The lowest BCUT2D eigenvalue weighted by atomic mass is 9.43. The first-order chi connectivity index (χ1) is 18.1. The Balaban J connectivity index is 1.21. The van der Waals surface area contributed by atoms with E-state index in [4.69, 9.17) is 0 Å². The second-order valence-electron chi connectivity index (χ2n) is 11.2. The fourth-order valence-corrected chi connectivity index (χ4v) is 6.19. The number of carbonyl (C=O) groups excluding carboxylic acids is 2. The molecule has 4 saturated carbocycles. The SMILES string of the molecule is Cc1nonc1C(=O)N[C@H](c1cn2ncc([C@@H](O)NC(=O)CC34CC(C3)C4)cc2n1)C1CCC(F)(F)CC1. The van der Waals surface area contributed by atoms with E-state index in [-0.39, 0.29) is 48.6 Å². The molecule has 38 heavy (non-hydrogen) atoms. The van der Waals surface area contributed by atoms with Gasteiger partial charge >= 0.3 is 0 Å². The summed E-state index contributed by atoms with van der Waals surface area (Å²) in [7, 11) is 0. The van der Waals surface area contributed by atoms with Gasteiger partial charge in [-0.15, -0.1) is 0 Å². The molecule has 0 aliphatic heterocycles. The highest BCUT2D eigenvalue weighted by Gasteiger charge is 2.57. The van der Waals surface area contributed by atoms with Gasteiger partial charge in [-0.05, 0) is 67.5 Å². The minimum Gasteiger partial charge on any atom is -0.369 e. The van der Waals surface area contributed by atoms with Crippen molar-refractivity contribution in [2.45, 2.75) is 76.5 Å². The van der Waals surface area contributed by atoms with E-state index in [0.29, 0.717) is 29.0 Å². The van der Waals surface area contributed by atoms with Gasteiger partial charge in [0.05, 0.1) is 24.1 Å².